The van der Waals surface area contributed by atoms with Crippen LogP contribution in [0.25, 0.3) is 0 Å². The van der Waals surface area contributed by atoms with E-state index in [0.29, 0.717) is 19.0 Å². The van der Waals surface area contributed by atoms with Crippen molar-refractivity contribution in [1.82, 2.24) is 16.0 Å². The molecule has 2 amide bonds. The van der Waals surface area contributed by atoms with Gasteiger partial charge in [-0.2, -0.15) is 0 Å². The Morgan fingerprint density at radius 2 is 1.76 bits per heavy atom. The van der Waals surface area contributed by atoms with Crippen LogP contribution in [0.4, 0.5) is 0 Å². The number of amides is 2. The minimum absolute atomic E-state index is 0.0845. The zero-order valence-electron chi connectivity index (χ0n) is 15.1. The van der Waals surface area contributed by atoms with Gasteiger partial charge in [0, 0.05) is 13.5 Å². The normalized spacial score (nSPS) is 14.6. The maximum absolute atomic E-state index is 12.2. The summed E-state index contributed by atoms with van der Waals surface area (Å²) in [6.45, 7) is 5.56. The van der Waals surface area contributed by atoms with E-state index in [-0.39, 0.29) is 36.9 Å². The van der Waals surface area contributed by atoms with E-state index in [0.717, 1.165) is 17.7 Å². The van der Waals surface area contributed by atoms with Crippen molar-refractivity contribution in [2.24, 2.45) is 5.92 Å². The molecule has 0 bridgehead atoms. The van der Waals surface area contributed by atoms with Gasteiger partial charge in [0.1, 0.15) is 0 Å². The Labute approximate surface area is 148 Å². The molecule has 2 rings (SSSR count). The second-order valence-electron chi connectivity index (χ2n) is 6.32. The molecular weight excluding hydrogens is 322 g/mol. The second kappa shape index (κ2) is 9.27. The Bertz CT molecular complexity index is 604. The molecule has 0 unspecified atom stereocenters. The van der Waals surface area contributed by atoms with E-state index in [1.54, 1.807) is 7.05 Å². The van der Waals surface area contributed by atoms with Crippen molar-refractivity contribution in [1.29, 1.82) is 0 Å². The summed E-state index contributed by atoms with van der Waals surface area (Å²) < 4.78 is 11.4. The molecule has 7 heteroatoms. The standard InChI is InChI=1S/C18H27N3O4/c1-12(2)18(21-17(23)11-20-10-16(22)19-3)13-5-6-14-15(9-13)25-8-4-7-24-14/h5-6,9,12,18,20H,4,7-8,10-11H2,1-3H3,(H,19,22)(H,21,23)/t18-/m0/s1. The first-order chi connectivity index (χ1) is 12.0. The highest BCUT2D eigenvalue weighted by atomic mass is 16.5. The quantitative estimate of drug-likeness (QED) is 0.683. The molecule has 3 N–H and O–H groups in total. The lowest BCUT2D eigenvalue weighted by Gasteiger charge is -2.24. The van der Waals surface area contributed by atoms with Gasteiger partial charge in [0.15, 0.2) is 11.5 Å². The molecule has 0 radical (unpaired) electrons. The highest BCUT2D eigenvalue weighted by Crippen LogP contribution is 2.34. The van der Waals surface area contributed by atoms with Crippen LogP contribution in [0.15, 0.2) is 18.2 Å². The molecule has 25 heavy (non-hydrogen) atoms. The summed E-state index contributed by atoms with van der Waals surface area (Å²) in [4.78, 5) is 23.4. The van der Waals surface area contributed by atoms with Crippen molar-refractivity contribution in [2.45, 2.75) is 26.3 Å². The topological polar surface area (TPSA) is 88.7 Å². The molecule has 7 nitrogen and oxygen atoms in total. The molecule has 0 aliphatic carbocycles. The Balaban J connectivity index is 2.01. The summed E-state index contributed by atoms with van der Waals surface area (Å²) >= 11 is 0. The maximum Gasteiger partial charge on any atom is 0.234 e. The van der Waals surface area contributed by atoms with E-state index >= 15 is 0 Å². The molecule has 1 aliphatic rings. The van der Waals surface area contributed by atoms with E-state index in [1.807, 2.05) is 32.0 Å². The third-order valence-electron chi connectivity index (χ3n) is 3.96. The largest absolute Gasteiger partial charge is 0.490 e. The van der Waals surface area contributed by atoms with E-state index in [9.17, 15) is 9.59 Å². The van der Waals surface area contributed by atoms with Gasteiger partial charge in [0.2, 0.25) is 11.8 Å². The fourth-order valence-corrected chi connectivity index (χ4v) is 2.61. The number of hydrogen-bond acceptors (Lipinski definition) is 5. The van der Waals surface area contributed by atoms with Crippen LogP contribution in [-0.4, -0.2) is 45.2 Å². The number of rotatable bonds is 7. The average Bonchev–Trinajstić information content (AvgIpc) is 2.83. The Morgan fingerprint density at radius 3 is 2.44 bits per heavy atom. The first-order valence-corrected chi connectivity index (χ1v) is 8.61. The van der Waals surface area contributed by atoms with E-state index < -0.39 is 0 Å². The lowest BCUT2D eigenvalue weighted by molar-refractivity contribution is -0.121. The van der Waals surface area contributed by atoms with Crippen molar-refractivity contribution < 1.29 is 19.1 Å². The lowest BCUT2D eigenvalue weighted by atomic mass is 9.95. The van der Waals surface area contributed by atoms with Gasteiger partial charge in [-0.15, -0.1) is 0 Å². The van der Waals surface area contributed by atoms with Crippen LogP contribution in [0.3, 0.4) is 0 Å². The number of carbonyl (C=O) groups is 2. The smallest absolute Gasteiger partial charge is 0.234 e. The van der Waals surface area contributed by atoms with Gasteiger partial charge in [0.05, 0.1) is 32.3 Å². The number of nitrogens with one attached hydrogen (secondary N) is 3. The highest BCUT2D eigenvalue weighted by Gasteiger charge is 2.21. The van der Waals surface area contributed by atoms with Crippen LogP contribution >= 0.6 is 0 Å². The summed E-state index contributed by atoms with van der Waals surface area (Å²) in [7, 11) is 1.56. The number of likely N-dealkylation sites (N-methyl/N-ethyl adjacent to an activating group) is 1. The maximum atomic E-state index is 12.2. The number of ether oxygens (including phenoxy) is 2. The number of hydrogen-bond donors (Lipinski definition) is 3. The lowest BCUT2D eigenvalue weighted by Crippen LogP contribution is -2.41. The first-order valence-electron chi connectivity index (χ1n) is 8.61. The number of carbonyl (C=O) groups excluding carboxylic acids is 2. The van der Waals surface area contributed by atoms with Crippen LogP contribution in [0.1, 0.15) is 31.9 Å². The average molecular weight is 349 g/mol. The minimum Gasteiger partial charge on any atom is -0.490 e. The van der Waals surface area contributed by atoms with Gasteiger partial charge >= 0.3 is 0 Å². The van der Waals surface area contributed by atoms with Gasteiger partial charge < -0.3 is 20.1 Å². The third-order valence-corrected chi connectivity index (χ3v) is 3.96. The van der Waals surface area contributed by atoms with Gasteiger partial charge in [-0.3, -0.25) is 14.9 Å². The third kappa shape index (κ3) is 5.63. The van der Waals surface area contributed by atoms with Gasteiger partial charge in [-0.1, -0.05) is 19.9 Å². The molecule has 1 aromatic rings. The van der Waals surface area contributed by atoms with Gasteiger partial charge in [-0.25, -0.2) is 0 Å². The van der Waals surface area contributed by atoms with Crippen LogP contribution in [-0.2, 0) is 9.59 Å². The number of benzene rings is 1. The Kier molecular flexibility index (Phi) is 7.06. The fraction of sp³-hybridized carbons (Fsp3) is 0.556. The highest BCUT2D eigenvalue weighted by molar-refractivity contribution is 5.81. The van der Waals surface area contributed by atoms with E-state index in [2.05, 4.69) is 16.0 Å². The predicted octanol–water partition coefficient (Wildman–Crippen LogP) is 0.997. The molecule has 0 aromatic heterocycles. The van der Waals surface area contributed by atoms with Crippen LogP contribution in [0.2, 0.25) is 0 Å². The SMILES string of the molecule is CNC(=O)CNCC(=O)N[C@H](c1ccc2c(c1)OCCCO2)C(C)C. The molecule has 1 atom stereocenters. The Hall–Kier alpha value is -2.28. The van der Waals surface area contributed by atoms with Crippen molar-refractivity contribution in [3.63, 3.8) is 0 Å². The summed E-state index contributed by atoms with van der Waals surface area (Å²) in [6.07, 6.45) is 0.853. The predicted molar refractivity (Wildman–Crippen MR) is 94.7 cm³/mol. The molecule has 1 aromatic carbocycles. The molecule has 0 saturated heterocycles. The van der Waals surface area contributed by atoms with Crippen molar-refractivity contribution >= 4 is 11.8 Å². The molecule has 138 valence electrons. The fourth-order valence-electron chi connectivity index (χ4n) is 2.61. The van der Waals surface area contributed by atoms with Crippen molar-refractivity contribution in [2.75, 3.05) is 33.4 Å². The molecule has 0 fully saturated rings. The zero-order valence-corrected chi connectivity index (χ0v) is 15.1. The molecule has 0 spiro atoms. The van der Waals surface area contributed by atoms with E-state index in [4.69, 9.17) is 9.47 Å². The van der Waals surface area contributed by atoms with Crippen LogP contribution in [0.5, 0.6) is 11.5 Å². The van der Waals surface area contributed by atoms with Crippen molar-refractivity contribution in [3.8, 4) is 11.5 Å². The first kappa shape index (κ1) is 19.1. The summed E-state index contributed by atoms with van der Waals surface area (Å²) in [5, 5.41) is 8.34. The van der Waals surface area contributed by atoms with Crippen LogP contribution < -0.4 is 25.4 Å². The molecular formula is C18H27N3O4. The van der Waals surface area contributed by atoms with Gasteiger partial charge in [-0.05, 0) is 23.6 Å². The van der Waals surface area contributed by atoms with Crippen molar-refractivity contribution in [3.05, 3.63) is 23.8 Å². The summed E-state index contributed by atoms with van der Waals surface area (Å²) in [5.41, 5.74) is 0.971. The molecule has 1 heterocycles. The monoisotopic (exact) mass is 349 g/mol. The van der Waals surface area contributed by atoms with E-state index in [1.165, 1.54) is 0 Å². The minimum atomic E-state index is -0.158. The zero-order chi connectivity index (χ0) is 18.2. The Morgan fingerprint density at radius 1 is 1.08 bits per heavy atom. The second-order valence-corrected chi connectivity index (χ2v) is 6.32. The molecule has 0 saturated carbocycles. The van der Waals surface area contributed by atoms with Crippen LogP contribution in [0, 0.1) is 5.92 Å². The molecule has 1 aliphatic heterocycles. The summed E-state index contributed by atoms with van der Waals surface area (Å²) in [6, 6.07) is 5.63. The van der Waals surface area contributed by atoms with Gasteiger partial charge in [0.25, 0.3) is 0 Å². The summed E-state index contributed by atoms with van der Waals surface area (Å²) in [5.74, 6) is 1.34. The number of fused-ring (bicyclic) bond motifs is 1.